The van der Waals surface area contributed by atoms with Crippen LogP contribution in [0.4, 0.5) is 11.5 Å². The number of fused-ring (bicyclic) bond motifs is 1. The van der Waals surface area contributed by atoms with Gasteiger partial charge < -0.3 is 10.2 Å². The van der Waals surface area contributed by atoms with Crippen LogP contribution in [0, 0.1) is 0 Å². The van der Waals surface area contributed by atoms with Crippen LogP contribution in [0.25, 0.3) is 0 Å². The summed E-state index contributed by atoms with van der Waals surface area (Å²) in [6.45, 7) is 3.41. The van der Waals surface area contributed by atoms with Crippen LogP contribution in [0.3, 0.4) is 0 Å². The van der Waals surface area contributed by atoms with E-state index in [2.05, 4.69) is 15.0 Å². The zero-order valence-electron chi connectivity index (χ0n) is 18.9. The largest absolute Gasteiger partial charge is 0.309 e. The van der Waals surface area contributed by atoms with Gasteiger partial charge in [-0.05, 0) is 61.2 Å². The van der Waals surface area contributed by atoms with Crippen LogP contribution < -0.4 is 14.9 Å². The van der Waals surface area contributed by atoms with Crippen molar-refractivity contribution in [3.8, 4) is 0 Å². The summed E-state index contributed by atoms with van der Waals surface area (Å²) < 4.78 is 29.2. The highest BCUT2D eigenvalue weighted by Gasteiger charge is 2.32. The molecule has 0 aliphatic carbocycles. The average molecular weight is 479 g/mol. The lowest BCUT2D eigenvalue weighted by Gasteiger charge is -2.21. The van der Waals surface area contributed by atoms with Gasteiger partial charge in [0.25, 0.3) is 0 Å². The molecule has 0 saturated carbocycles. The molecule has 2 atom stereocenters. The number of anilines is 2. The van der Waals surface area contributed by atoms with Crippen molar-refractivity contribution in [2.75, 3.05) is 10.2 Å². The maximum absolute atomic E-state index is 13.3. The Hall–Kier alpha value is -3.56. The van der Waals surface area contributed by atoms with Gasteiger partial charge in [-0.3, -0.25) is 9.59 Å². The average Bonchev–Trinajstić information content (AvgIpc) is 3.15. The minimum Gasteiger partial charge on any atom is -0.309 e. The molecule has 0 fully saturated rings. The second kappa shape index (κ2) is 9.74. The van der Waals surface area contributed by atoms with Crippen molar-refractivity contribution < 1.29 is 18.0 Å². The number of pyridine rings is 1. The molecule has 9 heteroatoms. The maximum Gasteiger partial charge on any atom is 0.244 e. The number of nitrogens with one attached hydrogen (secondary N) is 2. The lowest BCUT2D eigenvalue weighted by molar-refractivity contribution is -0.118. The second-order valence-electron chi connectivity index (χ2n) is 8.30. The number of hydrogen-bond donors (Lipinski definition) is 2. The second-order valence-corrected chi connectivity index (χ2v) is 10.0. The molecule has 0 bridgehead atoms. The third kappa shape index (κ3) is 5.16. The molecule has 2 aromatic carbocycles. The van der Waals surface area contributed by atoms with Crippen molar-refractivity contribution in [3.63, 3.8) is 0 Å². The van der Waals surface area contributed by atoms with Crippen molar-refractivity contribution in [3.05, 3.63) is 84.1 Å². The molecule has 0 unspecified atom stereocenters. The van der Waals surface area contributed by atoms with E-state index in [-0.39, 0.29) is 23.3 Å². The topological polar surface area (TPSA) is 108 Å². The van der Waals surface area contributed by atoms with Crippen LogP contribution in [0.5, 0.6) is 0 Å². The third-order valence-corrected chi connectivity index (χ3v) is 7.20. The highest BCUT2D eigenvalue weighted by molar-refractivity contribution is 7.89. The smallest absolute Gasteiger partial charge is 0.244 e. The van der Waals surface area contributed by atoms with Crippen molar-refractivity contribution in [1.29, 1.82) is 0 Å². The number of hydrogen-bond acceptors (Lipinski definition) is 5. The van der Waals surface area contributed by atoms with Crippen molar-refractivity contribution >= 4 is 33.3 Å². The van der Waals surface area contributed by atoms with Crippen molar-refractivity contribution in [2.45, 2.75) is 43.7 Å². The summed E-state index contributed by atoms with van der Waals surface area (Å²) in [5.41, 5.74) is 2.31. The highest BCUT2D eigenvalue weighted by Crippen LogP contribution is 2.34. The Bertz CT molecular complexity index is 1300. The van der Waals surface area contributed by atoms with E-state index in [1.807, 2.05) is 37.3 Å². The van der Waals surface area contributed by atoms with Crippen LogP contribution in [0.15, 0.2) is 77.8 Å². The number of carbonyl (C=O) groups excluding carboxylic acids is 2. The Kier molecular flexibility index (Phi) is 6.76. The number of benzene rings is 2. The molecule has 1 aromatic heterocycles. The Balaban J connectivity index is 1.60. The van der Waals surface area contributed by atoms with Gasteiger partial charge in [0.1, 0.15) is 11.9 Å². The van der Waals surface area contributed by atoms with Crippen LogP contribution in [-0.2, 0) is 32.5 Å². The molecule has 1 aliphatic heterocycles. The zero-order valence-corrected chi connectivity index (χ0v) is 19.7. The first kappa shape index (κ1) is 23.6. The molecule has 1 aliphatic rings. The lowest BCUT2D eigenvalue weighted by Crippen LogP contribution is -2.45. The predicted octanol–water partition coefficient (Wildman–Crippen LogP) is 2.91. The lowest BCUT2D eigenvalue weighted by atomic mass is 10.1. The van der Waals surface area contributed by atoms with Gasteiger partial charge in [-0.2, -0.15) is 4.72 Å². The summed E-state index contributed by atoms with van der Waals surface area (Å²) in [6, 6.07) is 17.9. The molecular formula is C25H26N4O4S. The standard InChI is InChI=1S/C25H26N4O4S/c1-17-14-20-16-21(11-12-23(20)29(17)18(2)30)34(32,33)28-22(15-19-8-4-3-5-9-19)25(31)27-24-10-6-7-13-26-24/h3-13,16-17,22,28H,14-15H2,1-2H3,(H,26,27,31)/t17-,22-/m1/s1. The number of sulfonamides is 1. The third-order valence-electron chi connectivity index (χ3n) is 5.73. The maximum atomic E-state index is 13.3. The number of carbonyl (C=O) groups is 2. The predicted molar refractivity (Wildman–Crippen MR) is 130 cm³/mol. The molecule has 2 heterocycles. The Labute approximate surface area is 199 Å². The van der Waals surface area contributed by atoms with E-state index in [0.29, 0.717) is 17.9 Å². The van der Waals surface area contributed by atoms with Gasteiger partial charge in [0.05, 0.1) is 4.90 Å². The highest BCUT2D eigenvalue weighted by atomic mass is 32.2. The molecule has 4 rings (SSSR count). The molecule has 0 saturated heterocycles. The first-order valence-corrected chi connectivity index (χ1v) is 12.4. The fourth-order valence-electron chi connectivity index (χ4n) is 4.20. The first-order chi connectivity index (χ1) is 16.2. The van der Waals surface area contributed by atoms with Gasteiger partial charge in [0.2, 0.25) is 21.8 Å². The molecule has 0 spiro atoms. The van der Waals surface area contributed by atoms with E-state index in [0.717, 1.165) is 11.1 Å². The number of amides is 2. The fraction of sp³-hybridized carbons (Fsp3) is 0.240. The molecule has 34 heavy (non-hydrogen) atoms. The summed E-state index contributed by atoms with van der Waals surface area (Å²) in [7, 11) is -4.03. The normalized spacial score (nSPS) is 16.1. The van der Waals surface area contributed by atoms with E-state index in [9.17, 15) is 18.0 Å². The summed E-state index contributed by atoms with van der Waals surface area (Å²) in [6.07, 6.45) is 2.27. The van der Waals surface area contributed by atoms with Gasteiger partial charge in [-0.25, -0.2) is 13.4 Å². The van der Waals surface area contributed by atoms with E-state index >= 15 is 0 Å². The van der Waals surface area contributed by atoms with Crippen LogP contribution in [0.1, 0.15) is 25.0 Å². The molecule has 2 N–H and O–H groups in total. The molecule has 176 valence electrons. The van der Waals surface area contributed by atoms with Gasteiger partial charge in [0.15, 0.2) is 0 Å². The van der Waals surface area contributed by atoms with Gasteiger partial charge in [0, 0.05) is 24.8 Å². The molecule has 8 nitrogen and oxygen atoms in total. The minimum atomic E-state index is -4.03. The van der Waals surface area contributed by atoms with Crippen LogP contribution in [-0.4, -0.2) is 37.3 Å². The van der Waals surface area contributed by atoms with Gasteiger partial charge in [-0.1, -0.05) is 36.4 Å². The fourth-order valence-corrected chi connectivity index (χ4v) is 5.44. The summed E-state index contributed by atoms with van der Waals surface area (Å²) in [4.78, 5) is 30.8. The number of aromatic nitrogens is 1. The summed E-state index contributed by atoms with van der Waals surface area (Å²) in [5, 5.41) is 2.68. The molecule has 2 amide bonds. The van der Waals surface area contributed by atoms with Crippen molar-refractivity contribution in [1.82, 2.24) is 9.71 Å². The van der Waals surface area contributed by atoms with Gasteiger partial charge >= 0.3 is 0 Å². The Morgan fingerprint density at radius 1 is 1.09 bits per heavy atom. The quantitative estimate of drug-likeness (QED) is 0.543. The molecular weight excluding hydrogens is 452 g/mol. The summed E-state index contributed by atoms with van der Waals surface area (Å²) >= 11 is 0. The van der Waals surface area contributed by atoms with E-state index in [1.54, 1.807) is 41.4 Å². The van der Waals surface area contributed by atoms with Crippen molar-refractivity contribution in [2.24, 2.45) is 0 Å². The Morgan fingerprint density at radius 3 is 2.50 bits per heavy atom. The van der Waals surface area contributed by atoms with E-state index in [4.69, 9.17) is 0 Å². The SMILES string of the molecule is CC(=O)N1c2ccc(S(=O)(=O)N[C@H](Cc3ccccc3)C(=O)Nc3ccccn3)cc2C[C@H]1C. The van der Waals surface area contributed by atoms with Gasteiger partial charge in [-0.15, -0.1) is 0 Å². The first-order valence-electron chi connectivity index (χ1n) is 11.0. The summed E-state index contributed by atoms with van der Waals surface area (Å²) in [5.74, 6) is -0.265. The number of nitrogens with zero attached hydrogens (tertiary/aromatic N) is 2. The van der Waals surface area contributed by atoms with Crippen LogP contribution >= 0.6 is 0 Å². The van der Waals surface area contributed by atoms with E-state index in [1.165, 1.54) is 13.0 Å². The minimum absolute atomic E-state index is 0.0478. The number of rotatable bonds is 7. The van der Waals surface area contributed by atoms with Crippen LogP contribution in [0.2, 0.25) is 0 Å². The molecule has 0 radical (unpaired) electrons. The monoisotopic (exact) mass is 478 g/mol. The molecule has 3 aromatic rings. The van der Waals surface area contributed by atoms with E-state index < -0.39 is 22.0 Å². The zero-order chi connectivity index (χ0) is 24.3. The Morgan fingerprint density at radius 2 is 1.82 bits per heavy atom.